The summed E-state index contributed by atoms with van der Waals surface area (Å²) in [5.74, 6) is 1.19. The fraction of sp³-hybridized carbons (Fsp3) is 0.533. The molecule has 0 spiro atoms. The lowest BCUT2D eigenvalue weighted by molar-refractivity contribution is 0.312. The van der Waals surface area contributed by atoms with Crippen LogP contribution in [-0.2, 0) is 0 Å². The zero-order valence-electron chi connectivity index (χ0n) is 11.3. The molecule has 1 unspecified atom stereocenters. The van der Waals surface area contributed by atoms with E-state index >= 15 is 0 Å². The summed E-state index contributed by atoms with van der Waals surface area (Å²) >= 11 is 6.18. The van der Waals surface area contributed by atoms with Crippen molar-refractivity contribution in [2.45, 2.75) is 46.0 Å². The smallest absolute Gasteiger partial charge is 0.123 e. The first-order chi connectivity index (χ1) is 8.60. The van der Waals surface area contributed by atoms with Gasteiger partial charge in [-0.05, 0) is 48.9 Å². The van der Waals surface area contributed by atoms with Crippen molar-refractivity contribution in [3.8, 4) is 11.8 Å². The van der Waals surface area contributed by atoms with Gasteiger partial charge in [-0.15, -0.1) is 0 Å². The maximum Gasteiger partial charge on any atom is 0.123 e. The van der Waals surface area contributed by atoms with E-state index < -0.39 is 0 Å². The highest BCUT2D eigenvalue weighted by Gasteiger charge is 2.14. The molecule has 0 aliphatic rings. The Labute approximate surface area is 115 Å². The Morgan fingerprint density at radius 1 is 1.44 bits per heavy atom. The van der Waals surface area contributed by atoms with Gasteiger partial charge in [-0.3, -0.25) is 0 Å². The molecular weight excluding hydrogens is 246 g/mol. The number of hydrogen-bond donors (Lipinski definition) is 0. The van der Waals surface area contributed by atoms with E-state index in [1.807, 2.05) is 19.1 Å². The number of nitrogens with zero attached hydrogens (tertiary/aromatic N) is 1. The van der Waals surface area contributed by atoms with Gasteiger partial charge in [0.05, 0.1) is 12.7 Å². The first-order valence-corrected chi connectivity index (χ1v) is 6.77. The van der Waals surface area contributed by atoms with Crippen LogP contribution < -0.4 is 4.74 Å². The minimum Gasteiger partial charge on any atom is -0.493 e. The van der Waals surface area contributed by atoms with E-state index in [0.717, 1.165) is 34.7 Å². The number of ether oxygens (including phenoxy) is 1. The predicted octanol–water partition coefficient (Wildman–Crippen LogP) is 4.84. The summed E-state index contributed by atoms with van der Waals surface area (Å²) in [7, 11) is 0. The topological polar surface area (TPSA) is 33.0 Å². The lowest BCUT2D eigenvalue weighted by atomic mass is 9.94. The van der Waals surface area contributed by atoms with Crippen LogP contribution in [0.3, 0.4) is 0 Å². The number of aryl methyl sites for hydroxylation is 1. The second-order valence-corrected chi connectivity index (χ2v) is 4.99. The Balaban J connectivity index is 2.99. The monoisotopic (exact) mass is 265 g/mol. The molecule has 1 atom stereocenters. The molecule has 0 N–H and O–H groups in total. The largest absolute Gasteiger partial charge is 0.493 e. The summed E-state index contributed by atoms with van der Waals surface area (Å²) in [6, 6.07) is 6.16. The quantitative estimate of drug-likeness (QED) is 0.737. The Morgan fingerprint density at radius 2 is 2.17 bits per heavy atom. The average Bonchev–Trinajstić information content (AvgIpc) is 2.36. The fourth-order valence-corrected chi connectivity index (χ4v) is 2.00. The molecule has 1 aromatic carbocycles. The maximum absolute atomic E-state index is 8.66. The zero-order chi connectivity index (χ0) is 13.5. The van der Waals surface area contributed by atoms with Gasteiger partial charge in [0.1, 0.15) is 5.75 Å². The van der Waals surface area contributed by atoms with Crippen LogP contribution in [0.25, 0.3) is 0 Å². The van der Waals surface area contributed by atoms with Gasteiger partial charge >= 0.3 is 0 Å². The van der Waals surface area contributed by atoms with Gasteiger partial charge in [0.15, 0.2) is 0 Å². The minimum atomic E-state index is 0.287. The molecule has 1 rings (SSSR count). The summed E-state index contributed by atoms with van der Waals surface area (Å²) < 4.78 is 5.78. The van der Waals surface area contributed by atoms with Crippen molar-refractivity contribution in [1.82, 2.24) is 0 Å². The molecule has 0 radical (unpaired) electrons. The summed E-state index contributed by atoms with van der Waals surface area (Å²) in [4.78, 5) is 0. The van der Waals surface area contributed by atoms with Gasteiger partial charge in [-0.2, -0.15) is 5.26 Å². The van der Waals surface area contributed by atoms with Gasteiger partial charge in [0.25, 0.3) is 0 Å². The van der Waals surface area contributed by atoms with E-state index in [-0.39, 0.29) is 5.92 Å². The number of rotatable bonds is 6. The Hall–Kier alpha value is -1.20. The van der Waals surface area contributed by atoms with Gasteiger partial charge in [-0.1, -0.05) is 25.4 Å². The molecule has 0 aliphatic carbocycles. The molecule has 18 heavy (non-hydrogen) atoms. The maximum atomic E-state index is 8.66. The standard InChI is InChI=1S/C15H20ClNO/c1-4-8-18-15-9-12(3)14(16)10-13(15)11(2)6-5-7-17/h9-11H,4-6,8H2,1-3H3. The Kier molecular flexibility index (Phi) is 6.01. The highest BCUT2D eigenvalue weighted by Crippen LogP contribution is 2.34. The third kappa shape index (κ3) is 3.92. The first-order valence-electron chi connectivity index (χ1n) is 6.40. The van der Waals surface area contributed by atoms with Crippen LogP contribution in [0.4, 0.5) is 0 Å². The number of benzene rings is 1. The van der Waals surface area contributed by atoms with Crippen molar-refractivity contribution >= 4 is 11.6 Å². The number of hydrogen-bond acceptors (Lipinski definition) is 2. The minimum absolute atomic E-state index is 0.287. The van der Waals surface area contributed by atoms with Gasteiger partial charge < -0.3 is 4.74 Å². The lowest BCUT2D eigenvalue weighted by Crippen LogP contribution is -2.03. The van der Waals surface area contributed by atoms with Crippen LogP contribution in [0.15, 0.2) is 12.1 Å². The van der Waals surface area contributed by atoms with Gasteiger partial charge in [0.2, 0.25) is 0 Å². The molecule has 0 amide bonds. The summed E-state index contributed by atoms with van der Waals surface area (Å²) in [6.07, 6.45) is 2.37. The second kappa shape index (κ2) is 7.28. The summed E-state index contributed by atoms with van der Waals surface area (Å²) in [5, 5.41) is 9.43. The molecule has 0 saturated heterocycles. The van der Waals surface area contributed by atoms with Crippen molar-refractivity contribution < 1.29 is 4.74 Å². The van der Waals surface area contributed by atoms with Crippen LogP contribution in [0, 0.1) is 18.3 Å². The number of halogens is 1. The van der Waals surface area contributed by atoms with Gasteiger partial charge in [0, 0.05) is 11.4 Å². The van der Waals surface area contributed by atoms with Crippen molar-refractivity contribution in [3.05, 3.63) is 28.3 Å². The third-order valence-corrected chi connectivity index (χ3v) is 3.38. The van der Waals surface area contributed by atoms with E-state index in [0.29, 0.717) is 13.0 Å². The number of nitriles is 1. The molecule has 3 heteroatoms. The fourth-order valence-electron chi connectivity index (χ4n) is 1.83. The molecule has 2 nitrogen and oxygen atoms in total. The molecule has 0 saturated carbocycles. The van der Waals surface area contributed by atoms with Crippen LogP contribution in [-0.4, -0.2) is 6.61 Å². The van der Waals surface area contributed by atoms with Crippen LogP contribution in [0.2, 0.25) is 5.02 Å². The van der Waals surface area contributed by atoms with Crippen LogP contribution in [0.1, 0.15) is 50.2 Å². The predicted molar refractivity (Wildman–Crippen MR) is 75.2 cm³/mol. The molecule has 98 valence electrons. The third-order valence-electron chi connectivity index (χ3n) is 2.97. The van der Waals surface area contributed by atoms with Crippen molar-refractivity contribution in [3.63, 3.8) is 0 Å². The van der Waals surface area contributed by atoms with Crippen LogP contribution >= 0.6 is 11.6 Å². The Bertz CT molecular complexity index is 437. The zero-order valence-corrected chi connectivity index (χ0v) is 12.0. The molecule has 0 aromatic heterocycles. The van der Waals surface area contributed by atoms with Gasteiger partial charge in [-0.25, -0.2) is 0 Å². The molecule has 0 heterocycles. The van der Waals surface area contributed by atoms with E-state index in [1.54, 1.807) is 0 Å². The van der Waals surface area contributed by atoms with E-state index in [2.05, 4.69) is 19.9 Å². The Morgan fingerprint density at radius 3 is 2.78 bits per heavy atom. The van der Waals surface area contributed by atoms with Crippen molar-refractivity contribution in [1.29, 1.82) is 5.26 Å². The second-order valence-electron chi connectivity index (χ2n) is 4.59. The van der Waals surface area contributed by atoms with E-state index in [9.17, 15) is 0 Å². The molecule has 0 aliphatic heterocycles. The molecule has 0 bridgehead atoms. The summed E-state index contributed by atoms with van der Waals surface area (Å²) in [5.41, 5.74) is 2.13. The van der Waals surface area contributed by atoms with Crippen LogP contribution in [0.5, 0.6) is 5.75 Å². The van der Waals surface area contributed by atoms with Crippen molar-refractivity contribution in [2.75, 3.05) is 6.61 Å². The lowest BCUT2D eigenvalue weighted by Gasteiger charge is -2.17. The van der Waals surface area contributed by atoms with E-state index in [4.69, 9.17) is 21.6 Å². The molecule has 0 fully saturated rings. The molecular formula is C15H20ClNO. The van der Waals surface area contributed by atoms with Crippen molar-refractivity contribution in [2.24, 2.45) is 0 Å². The molecule has 1 aromatic rings. The first kappa shape index (κ1) is 14.9. The average molecular weight is 266 g/mol. The SMILES string of the molecule is CCCOc1cc(C)c(Cl)cc1C(C)CCC#N. The highest BCUT2D eigenvalue weighted by molar-refractivity contribution is 6.31. The normalized spacial score (nSPS) is 11.9. The summed E-state index contributed by atoms with van der Waals surface area (Å²) in [6.45, 7) is 6.88. The highest BCUT2D eigenvalue weighted by atomic mass is 35.5. The van der Waals surface area contributed by atoms with E-state index in [1.165, 1.54) is 0 Å².